The zero-order valence-corrected chi connectivity index (χ0v) is 9.76. The number of aromatic nitrogens is 2. The summed E-state index contributed by atoms with van der Waals surface area (Å²) in [6.45, 7) is 4.75. The van der Waals surface area contributed by atoms with Gasteiger partial charge in [0.05, 0.1) is 6.61 Å². The molecule has 0 fully saturated rings. The van der Waals surface area contributed by atoms with Crippen molar-refractivity contribution in [1.82, 2.24) is 9.97 Å². The molecule has 0 unspecified atom stereocenters. The van der Waals surface area contributed by atoms with Crippen LogP contribution in [0.2, 0.25) is 5.15 Å². The highest BCUT2D eigenvalue weighted by atomic mass is 79.9. The molecule has 0 aliphatic rings. The molecule has 1 rings (SSSR count). The maximum atomic E-state index is 5.75. The molecule has 72 valence electrons. The summed E-state index contributed by atoms with van der Waals surface area (Å²) in [7, 11) is 0. The number of hydrogen-bond donors (Lipinski definition) is 0. The van der Waals surface area contributed by atoms with Crippen LogP contribution >= 0.6 is 27.5 Å². The molecule has 0 bridgehead atoms. The summed E-state index contributed by atoms with van der Waals surface area (Å²) < 4.78 is 6.01. The standard InChI is InChI=1S/C8H10BrClN2O/c1-5(2)3-13-8-6(9)7(10)11-4-12-8/h4-5H,3H2,1-2H3. The Hall–Kier alpha value is -0.350. The summed E-state index contributed by atoms with van der Waals surface area (Å²) in [4.78, 5) is 7.74. The Balaban J connectivity index is 2.71. The van der Waals surface area contributed by atoms with E-state index in [2.05, 4.69) is 39.7 Å². The van der Waals surface area contributed by atoms with E-state index in [1.807, 2.05) is 0 Å². The second-order valence-electron chi connectivity index (χ2n) is 2.99. The molecule has 0 amide bonds. The van der Waals surface area contributed by atoms with Crippen LogP contribution in [0.1, 0.15) is 13.8 Å². The van der Waals surface area contributed by atoms with Crippen LogP contribution in [-0.4, -0.2) is 16.6 Å². The summed E-state index contributed by atoms with van der Waals surface area (Å²) in [6.07, 6.45) is 1.38. The smallest absolute Gasteiger partial charge is 0.232 e. The minimum Gasteiger partial charge on any atom is -0.476 e. The van der Waals surface area contributed by atoms with Crippen molar-refractivity contribution in [3.05, 3.63) is 16.0 Å². The summed E-state index contributed by atoms with van der Waals surface area (Å²) in [5, 5.41) is 0.369. The first-order valence-electron chi connectivity index (χ1n) is 3.90. The van der Waals surface area contributed by atoms with Gasteiger partial charge in [0.15, 0.2) is 5.15 Å². The molecule has 0 spiro atoms. The molecule has 0 saturated heterocycles. The van der Waals surface area contributed by atoms with Gasteiger partial charge in [-0.1, -0.05) is 25.4 Å². The Bertz CT molecular complexity index is 293. The molecular formula is C8H10BrClN2O. The van der Waals surface area contributed by atoms with Gasteiger partial charge < -0.3 is 4.74 Å². The highest BCUT2D eigenvalue weighted by molar-refractivity contribution is 9.10. The van der Waals surface area contributed by atoms with Gasteiger partial charge in [-0.3, -0.25) is 0 Å². The van der Waals surface area contributed by atoms with Gasteiger partial charge in [-0.25, -0.2) is 9.97 Å². The van der Waals surface area contributed by atoms with Crippen molar-refractivity contribution < 1.29 is 4.74 Å². The number of halogens is 2. The van der Waals surface area contributed by atoms with Gasteiger partial charge in [0, 0.05) is 0 Å². The van der Waals surface area contributed by atoms with Crippen molar-refractivity contribution in [2.75, 3.05) is 6.61 Å². The number of ether oxygens (including phenoxy) is 1. The second kappa shape index (κ2) is 4.77. The first-order chi connectivity index (χ1) is 6.11. The predicted molar refractivity (Wildman–Crippen MR) is 55.1 cm³/mol. The van der Waals surface area contributed by atoms with Crippen molar-refractivity contribution in [3.8, 4) is 5.88 Å². The van der Waals surface area contributed by atoms with Gasteiger partial charge in [-0.15, -0.1) is 0 Å². The van der Waals surface area contributed by atoms with E-state index in [9.17, 15) is 0 Å². The third kappa shape index (κ3) is 3.12. The van der Waals surface area contributed by atoms with Crippen LogP contribution in [0.25, 0.3) is 0 Å². The third-order valence-electron chi connectivity index (χ3n) is 1.27. The Kier molecular flexibility index (Phi) is 3.93. The molecule has 1 aromatic rings. The first-order valence-corrected chi connectivity index (χ1v) is 5.07. The monoisotopic (exact) mass is 264 g/mol. The van der Waals surface area contributed by atoms with Gasteiger partial charge >= 0.3 is 0 Å². The summed E-state index contributed by atoms with van der Waals surface area (Å²) >= 11 is 9.00. The summed E-state index contributed by atoms with van der Waals surface area (Å²) in [5.41, 5.74) is 0. The molecule has 1 heterocycles. The Morgan fingerprint density at radius 1 is 1.54 bits per heavy atom. The molecule has 0 saturated carbocycles. The van der Waals surface area contributed by atoms with Gasteiger partial charge in [0.1, 0.15) is 10.8 Å². The Labute approximate surface area is 90.6 Å². The van der Waals surface area contributed by atoms with Crippen LogP contribution in [-0.2, 0) is 0 Å². The number of hydrogen-bond acceptors (Lipinski definition) is 3. The molecular weight excluding hydrogens is 255 g/mol. The van der Waals surface area contributed by atoms with Crippen molar-refractivity contribution in [3.63, 3.8) is 0 Å². The minimum atomic E-state index is 0.369. The van der Waals surface area contributed by atoms with Gasteiger partial charge in [0.2, 0.25) is 5.88 Å². The highest BCUT2D eigenvalue weighted by Gasteiger charge is 2.07. The van der Waals surface area contributed by atoms with Crippen molar-refractivity contribution in [1.29, 1.82) is 0 Å². The maximum absolute atomic E-state index is 5.75. The Morgan fingerprint density at radius 3 is 2.85 bits per heavy atom. The lowest BCUT2D eigenvalue weighted by molar-refractivity contribution is 0.259. The third-order valence-corrected chi connectivity index (χ3v) is 2.50. The molecule has 0 aliphatic carbocycles. The average Bonchev–Trinajstić information content (AvgIpc) is 2.07. The molecule has 0 N–H and O–H groups in total. The Morgan fingerprint density at radius 2 is 2.23 bits per heavy atom. The fourth-order valence-electron chi connectivity index (χ4n) is 0.680. The van der Waals surface area contributed by atoms with Gasteiger partial charge in [0.25, 0.3) is 0 Å². The van der Waals surface area contributed by atoms with Crippen LogP contribution in [0.15, 0.2) is 10.8 Å². The van der Waals surface area contributed by atoms with Crippen LogP contribution < -0.4 is 4.74 Å². The van der Waals surface area contributed by atoms with Crippen LogP contribution in [0.3, 0.4) is 0 Å². The second-order valence-corrected chi connectivity index (χ2v) is 4.14. The van der Waals surface area contributed by atoms with Gasteiger partial charge in [-0.05, 0) is 21.8 Å². The SMILES string of the molecule is CC(C)COc1ncnc(Cl)c1Br. The molecule has 0 atom stereocenters. The van der Waals surface area contributed by atoms with Crippen molar-refractivity contribution >= 4 is 27.5 Å². The molecule has 3 nitrogen and oxygen atoms in total. The predicted octanol–water partition coefficient (Wildman–Crippen LogP) is 2.93. The van der Waals surface area contributed by atoms with Crippen LogP contribution in [0.5, 0.6) is 5.88 Å². The molecule has 13 heavy (non-hydrogen) atoms. The molecule has 0 radical (unpaired) electrons. The number of nitrogens with zero attached hydrogens (tertiary/aromatic N) is 2. The molecule has 1 aromatic heterocycles. The highest BCUT2D eigenvalue weighted by Crippen LogP contribution is 2.27. The van der Waals surface area contributed by atoms with E-state index in [-0.39, 0.29) is 0 Å². The van der Waals surface area contributed by atoms with E-state index in [4.69, 9.17) is 16.3 Å². The largest absolute Gasteiger partial charge is 0.476 e. The lowest BCUT2D eigenvalue weighted by Gasteiger charge is -2.08. The average molecular weight is 266 g/mol. The van der Waals surface area contributed by atoms with E-state index < -0.39 is 0 Å². The normalized spacial score (nSPS) is 10.5. The zero-order chi connectivity index (χ0) is 9.84. The van der Waals surface area contributed by atoms with E-state index in [0.29, 0.717) is 28.0 Å². The zero-order valence-electron chi connectivity index (χ0n) is 7.42. The number of rotatable bonds is 3. The van der Waals surface area contributed by atoms with E-state index in [0.717, 1.165) is 0 Å². The first kappa shape index (κ1) is 10.7. The molecule has 0 aliphatic heterocycles. The van der Waals surface area contributed by atoms with Crippen molar-refractivity contribution in [2.24, 2.45) is 5.92 Å². The van der Waals surface area contributed by atoms with Crippen molar-refractivity contribution in [2.45, 2.75) is 13.8 Å². The van der Waals surface area contributed by atoms with Crippen LogP contribution in [0.4, 0.5) is 0 Å². The minimum absolute atomic E-state index is 0.369. The lowest BCUT2D eigenvalue weighted by atomic mass is 10.2. The van der Waals surface area contributed by atoms with Gasteiger partial charge in [-0.2, -0.15) is 0 Å². The topological polar surface area (TPSA) is 35.0 Å². The lowest BCUT2D eigenvalue weighted by Crippen LogP contribution is -2.06. The molecule has 0 aromatic carbocycles. The van der Waals surface area contributed by atoms with E-state index >= 15 is 0 Å². The maximum Gasteiger partial charge on any atom is 0.232 e. The van der Waals surface area contributed by atoms with Crippen LogP contribution in [0, 0.1) is 5.92 Å². The molecule has 5 heteroatoms. The summed E-state index contributed by atoms with van der Waals surface area (Å²) in [5.74, 6) is 0.953. The van der Waals surface area contributed by atoms with E-state index in [1.165, 1.54) is 6.33 Å². The quantitative estimate of drug-likeness (QED) is 0.788. The van der Waals surface area contributed by atoms with E-state index in [1.54, 1.807) is 0 Å². The fraction of sp³-hybridized carbons (Fsp3) is 0.500. The summed E-state index contributed by atoms with van der Waals surface area (Å²) in [6, 6.07) is 0. The fourth-order valence-corrected chi connectivity index (χ4v) is 1.12.